The van der Waals surface area contributed by atoms with Crippen LogP contribution in [-0.2, 0) is 44.8 Å². The number of Topliss-reactive ketones (excluding diaryl/α,β-unsaturated/α-hetero) is 1. The number of alkyl carbamates (subject to hydrolysis) is 1. The summed E-state index contributed by atoms with van der Waals surface area (Å²) in [4.78, 5) is 95.0. The number of nitrogens with two attached hydrogens (primary N) is 1. The van der Waals surface area contributed by atoms with E-state index in [1.54, 1.807) is 30.3 Å². The van der Waals surface area contributed by atoms with Crippen molar-refractivity contribution >= 4 is 41.5 Å². The van der Waals surface area contributed by atoms with Crippen LogP contribution in [0, 0.1) is 0 Å². The molecular formula is C35H43N4O10+. The molecule has 2 aliphatic rings. The van der Waals surface area contributed by atoms with Crippen LogP contribution in [0.1, 0.15) is 61.4 Å². The maximum absolute atomic E-state index is 14.4. The smallest absolute Gasteiger partial charge is 0.407 e. The van der Waals surface area contributed by atoms with Gasteiger partial charge >= 0.3 is 29.8 Å². The molecule has 0 bridgehead atoms. The highest BCUT2D eigenvalue weighted by Gasteiger charge is 2.68. The lowest BCUT2D eigenvalue weighted by molar-refractivity contribution is -0.718. The summed E-state index contributed by atoms with van der Waals surface area (Å²) in [6.07, 6.45) is -1.34. The van der Waals surface area contributed by atoms with Gasteiger partial charge in [-0.05, 0) is 38.2 Å². The third-order valence-corrected chi connectivity index (χ3v) is 8.79. The van der Waals surface area contributed by atoms with Crippen LogP contribution in [0.15, 0.2) is 60.7 Å². The maximum Gasteiger partial charge on any atom is 0.407 e. The van der Waals surface area contributed by atoms with Crippen LogP contribution < -0.4 is 11.1 Å². The number of ether oxygens (including phenoxy) is 3. The molecule has 4 rings (SSSR count). The number of ketones is 1. The highest BCUT2D eigenvalue weighted by Crippen LogP contribution is 2.35. The van der Waals surface area contributed by atoms with E-state index in [0.29, 0.717) is 18.4 Å². The van der Waals surface area contributed by atoms with Crippen molar-refractivity contribution in [3.8, 4) is 0 Å². The van der Waals surface area contributed by atoms with Gasteiger partial charge in [-0.15, -0.1) is 4.48 Å². The zero-order chi connectivity index (χ0) is 35.6. The Kier molecular flexibility index (Phi) is 12.9. The number of nitrogens with one attached hydrogen (secondary N) is 1. The number of carbonyl (C=O) groups excluding carboxylic acids is 7. The average Bonchev–Trinajstić information content (AvgIpc) is 3.70. The number of rotatable bonds is 15. The van der Waals surface area contributed by atoms with E-state index < -0.39 is 83.2 Å². The van der Waals surface area contributed by atoms with Crippen LogP contribution in [0.3, 0.4) is 0 Å². The summed E-state index contributed by atoms with van der Waals surface area (Å²) in [6, 6.07) is 13.5. The van der Waals surface area contributed by atoms with Gasteiger partial charge in [0.1, 0.15) is 25.1 Å². The van der Waals surface area contributed by atoms with Gasteiger partial charge in [-0.2, -0.15) is 0 Å². The largest absolute Gasteiger partial charge is 0.456 e. The van der Waals surface area contributed by atoms with Crippen molar-refractivity contribution in [2.24, 2.45) is 5.73 Å². The Bertz CT molecular complexity index is 1530. The van der Waals surface area contributed by atoms with Crippen molar-refractivity contribution in [2.45, 2.75) is 76.3 Å². The summed E-state index contributed by atoms with van der Waals surface area (Å²) >= 11 is 0. The Balaban J connectivity index is 1.50. The van der Waals surface area contributed by atoms with Crippen molar-refractivity contribution in [1.29, 1.82) is 0 Å². The number of hydrogen-bond acceptors (Lipinski definition) is 11. The van der Waals surface area contributed by atoms with Gasteiger partial charge in [0.2, 0.25) is 0 Å². The number of esters is 1. The molecule has 0 spiro atoms. The van der Waals surface area contributed by atoms with E-state index in [1.807, 2.05) is 30.3 Å². The van der Waals surface area contributed by atoms with Gasteiger partial charge in [0.25, 0.3) is 5.91 Å². The van der Waals surface area contributed by atoms with Crippen LogP contribution in [0.2, 0.25) is 0 Å². The van der Waals surface area contributed by atoms with E-state index >= 15 is 0 Å². The van der Waals surface area contributed by atoms with Gasteiger partial charge in [0.15, 0.2) is 24.5 Å². The molecule has 0 radical (unpaired) electrons. The first kappa shape index (κ1) is 37.0. The summed E-state index contributed by atoms with van der Waals surface area (Å²) in [6.45, 7) is 1.11. The Morgan fingerprint density at radius 1 is 0.980 bits per heavy atom. The van der Waals surface area contributed by atoms with E-state index in [0.717, 1.165) is 5.56 Å². The molecule has 2 aliphatic heterocycles. The number of imide groups is 3. The number of hydrogen-bond donors (Lipinski definition) is 2. The van der Waals surface area contributed by atoms with Crippen molar-refractivity contribution in [1.82, 2.24) is 10.2 Å². The number of benzene rings is 2. The minimum atomic E-state index is -1.55. The van der Waals surface area contributed by atoms with Crippen molar-refractivity contribution in [3.63, 3.8) is 0 Å². The second-order valence-corrected chi connectivity index (χ2v) is 12.1. The monoisotopic (exact) mass is 679 g/mol. The summed E-state index contributed by atoms with van der Waals surface area (Å²) in [5, 5.41) is 2.63. The second kappa shape index (κ2) is 17.0. The molecule has 2 fully saturated rings. The summed E-state index contributed by atoms with van der Waals surface area (Å²) in [7, 11) is 1.23. The van der Waals surface area contributed by atoms with E-state index in [-0.39, 0.29) is 39.0 Å². The third kappa shape index (κ3) is 8.45. The molecule has 2 saturated heterocycles. The topological polar surface area (TPSA) is 188 Å². The minimum Gasteiger partial charge on any atom is -0.456 e. The van der Waals surface area contributed by atoms with Gasteiger partial charge in [0.05, 0.1) is 0 Å². The van der Waals surface area contributed by atoms with Crippen LogP contribution in [0.5, 0.6) is 0 Å². The van der Waals surface area contributed by atoms with Crippen LogP contribution >= 0.6 is 0 Å². The predicted molar refractivity (Wildman–Crippen MR) is 173 cm³/mol. The zero-order valence-electron chi connectivity index (χ0n) is 27.7. The number of nitrogens with zero attached hydrogens (tertiary/aromatic N) is 2. The van der Waals surface area contributed by atoms with Crippen molar-refractivity contribution in [2.75, 3.05) is 26.8 Å². The molecule has 14 heteroatoms. The van der Waals surface area contributed by atoms with Crippen LogP contribution in [0.25, 0.3) is 0 Å². The van der Waals surface area contributed by atoms with Gasteiger partial charge in [-0.1, -0.05) is 60.7 Å². The van der Waals surface area contributed by atoms with Crippen LogP contribution in [-0.4, -0.2) is 102 Å². The number of quaternary nitrogens is 1. The fourth-order valence-corrected chi connectivity index (χ4v) is 6.28. The first-order chi connectivity index (χ1) is 23.5. The molecular weight excluding hydrogens is 636 g/mol. The molecule has 2 heterocycles. The summed E-state index contributed by atoms with van der Waals surface area (Å²) in [5.74, 6) is -4.69. The second-order valence-electron chi connectivity index (χ2n) is 12.1. The molecule has 2 aromatic rings. The maximum atomic E-state index is 14.4. The first-order valence-corrected chi connectivity index (χ1v) is 16.3. The summed E-state index contributed by atoms with van der Waals surface area (Å²) in [5.41, 5.74) is 7.14. The van der Waals surface area contributed by atoms with Gasteiger partial charge in [-0.25, -0.2) is 24.0 Å². The van der Waals surface area contributed by atoms with Gasteiger partial charge in [0, 0.05) is 32.2 Å². The molecule has 5 amide bonds. The Labute approximate surface area is 284 Å². The quantitative estimate of drug-likeness (QED) is 0.0922. The average molecular weight is 680 g/mol. The van der Waals surface area contributed by atoms with Crippen molar-refractivity contribution in [3.05, 3.63) is 71.8 Å². The van der Waals surface area contributed by atoms with E-state index in [4.69, 9.17) is 19.9 Å². The fourth-order valence-electron chi connectivity index (χ4n) is 6.28. The highest BCUT2D eigenvalue weighted by molar-refractivity contribution is 6.09. The molecule has 2 aromatic carbocycles. The fraction of sp³-hybridized carbons (Fsp3) is 0.457. The number of likely N-dealkylation sites (tertiary alicyclic amines) is 2. The summed E-state index contributed by atoms with van der Waals surface area (Å²) < 4.78 is 14.3. The zero-order valence-corrected chi connectivity index (χ0v) is 27.7. The third-order valence-electron chi connectivity index (χ3n) is 8.79. The Morgan fingerprint density at radius 2 is 1.65 bits per heavy atom. The normalized spacial score (nSPS) is 21.6. The Morgan fingerprint density at radius 3 is 2.29 bits per heavy atom. The van der Waals surface area contributed by atoms with E-state index in [2.05, 4.69) is 5.32 Å². The molecule has 0 aliphatic carbocycles. The molecule has 0 saturated carbocycles. The predicted octanol–water partition coefficient (Wildman–Crippen LogP) is 2.03. The van der Waals surface area contributed by atoms with Crippen molar-refractivity contribution < 1.29 is 52.3 Å². The lowest BCUT2D eigenvalue weighted by Gasteiger charge is -2.37. The molecule has 14 nitrogen and oxygen atoms in total. The van der Waals surface area contributed by atoms with E-state index in [1.165, 1.54) is 18.9 Å². The standard InChI is InChI=1S/C35H42N4O10/c1-23(36)32(43)39(30(41)20-29(47-2)33(39)44)27(17-9-10-18-37-35(46)49-21-24-12-5-3-6-13-24)31(42)38-19-11-16-26(38)34(45)48-22-28(40)25-14-7-4-8-15-25/h3-8,12-15,23,26-27,29H,9-11,16-22,36H2,1-2H3/p+1/t23-,26+,27-,29?,39?/m0/s1. The first-order valence-electron chi connectivity index (χ1n) is 16.3. The molecule has 0 aromatic heterocycles. The number of methoxy groups -OCH3 is 1. The lowest BCUT2D eigenvalue weighted by Crippen LogP contribution is -2.71. The van der Waals surface area contributed by atoms with E-state index in [9.17, 15) is 33.6 Å². The molecule has 2 unspecified atom stereocenters. The molecule has 3 N–H and O–H groups in total. The number of amides is 5. The molecule has 49 heavy (non-hydrogen) atoms. The minimum absolute atomic E-state index is 0.0768. The number of carbonyl (C=O) groups is 7. The van der Waals surface area contributed by atoms with Gasteiger partial charge < -0.3 is 30.2 Å². The molecule has 5 atom stereocenters. The SMILES string of the molecule is COC1CC(=O)[N+](C(=O)[C@H](C)N)([C@@H](CCCCNC(=O)OCc2ccccc2)C(=O)N2CCC[C@@H]2C(=O)OCC(=O)c2ccccc2)C1=O. The molecule has 262 valence electrons. The van der Waals surface area contributed by atoms with Gasteiger partial charge in [-0.3, -0.25) is 9.59 Å². The van der Waals surface area contributed by atoms with Crippen LogP contribution in [0.4, 0.5) is 4.79 Å². The lowest BCUT2D eigenvalue weighted by atomic mass is 10.0. The highest BCUT2D eigenvalue weighted by atomic mass is 16.5. The number of unbranched alkanes of at least 4 members (excludes halogenated alkanes) is 1. The Hall–Kier alpha value is -4.79.